The highest BCUT2D eigenvalue weighted by molar-refractivity contribution is 6.34. The van der Waals surface area contributed by atoms with Crippen LogP contribution in [0.1, 0.15) is 19.4 Å². The summed E-state index contributed by atoms with van der Waals surface area (Å²) in [5, 5.41) is 0. The van der Waals surface area contributed by atoms with Crippen molar-refractivity contribution in [3.05, 3.63) is 35.9 Å². The first-order valence-corrected chi connectivity index (χ1v) is 7.81. The van der Waals surface area contributed by atoms with E-state index in [2.05, 4.69) is 4.90 Å². The molecule has 2 amide bonds. The summed E-state index contributed by atoms with van der Waals surface area (Å²) in [5.41, 5.74) is 1.04. The number of nitrogens with zero attached hydrogens (tertiary/aromatic N) is 3. The Balaban J connectivity index is 2.04. The molecular weight excluding hydrogens is 278 g/mol. The molecule has 5 heteroatoms. The van der Waals surface area contributed by atoms with Crippen molar-refractivity contribution in [2.75, 3.05) is 33.2 Å². The lowest BCUT2D eigenvalue weighted by atomic mass is 10.2. The van der Waals surface area contributed by atoms with Crippen LogP contribution in [-0.2, 0) is 16.1 Å². The number of benzene rings is 1. The van der Waals surface area contributed by atoms with Gasteiger partial charge in [0.2, 0.25) is 0 Å². The Morgan fingerprint density at radius 1 is 1.09 bits per heavy atom. The molecule has 0 radical (unpaired) electrons. The normalized spacial score (nSPS) is 15.9. The monoisotopic (exact) mass is 303 g/mol. The Labute approximate surface area is 132 Å². The van der Waals surface area contributed by atoms with E-state index in [0.717, 1.165) is 18.7 Å². The van der Waals surface area contributed by atoms with Gasteiger partial charge in [-0.25, -0.2) is 0 Å². The molecule has 2 rings (SSSR count). The van der Waals surface area contributed by atoms with Gasteiger partial charge in [0.1, 0.15) is 0 Å². The fourth-order valence-corrected chi connectivity index (χ4v) is 2.54. The number of amides is 2. The zero-order valence-corrected chi connectivity index (χ0v) is 13.7. The highest BCUT2D eigenvalue weighted by Crippen LogP contribution is 2.11. The maximum Gasteiger partial charge on any atom is 0.312 e. The van der Waals surface area contributed by atoms with Crippen molar-refractivity contribution in [1.82, 2.24) is 14.7 Å². The van der Waals surface area contributed by atoms with Gasteiger partial charge < -0.3 is 14.7 Å². The first-order valence-electron chi connectivity index (χ1n) is 7.81. The largest absolute Gasteiger partial charge is 0.332 e. The molecule has 1 fully saturated rings. The van der Waals surface area contributed by atoms with Crippen LogP contribution in [0.5, 0.6) is 0 Å². The van der Waals surface area contributed by atoms with Gasteiger partial charge >= 0.3 is 11.8 Å². The number of hydrogen-bond acceptors (Lipinski definition) is 3. The molecule has 0 N–H and O–H groups in total. The van der Waals surface area contributed by atoms with Crippen molar-refractivity contribution >= 4 is 11.8 Å². The van der Waals surface area contributed by atoms with Crippen LogP contribution in [0.4, 0.5) is 0 Å². The highest BCUT2D eigenvalue weighted by Gasteiger charge is 2.30. The van der Waals surface area contributed by atoms with E-state index in [-0.39, 0.29) is 11.9 Å². The van der Waals surface area contributed by atoms with Gasteiger partial charge in [-0.15, -0.1) is 0 Å². The zero-order valence-electron chi connectivity index (χ0n) is 13.7. The molecule has 1 aliphatic rings. The van der Waals surface area contributed by atoms with Crippen LogP contribution in [0.2, 0.25) is 0 Å². The summed E-state index contributed by atoms with van der Waals surface area (Å²) in [6, 6.07) is 9.78. The summed E-state index contributed by atoms with van der Waals surface area (Å²) in [7, 11) is 2.03. The van der Waals surface area contributed by atoms with E-state index >= 15 is 0 Å². The molecular formula is C17H25N3O2. The third kappa shape index (κ3) is 4.07. The second-order valence-corrected chi connectivity index (χ2v) is 6.11. The Kier molecular flexibility index (Phi) is 5.55. The second-order valence-electron chi connectivity index (χ2n) is 6.11. The van der Waals surface area contributed by atoms with E-state index in [1.165, 1.54) is 0 Å². The molecule has 1 aromatic rings. The number of rotatable bonds is 3. The Hall–Kier alpha value is -1.88. The second kappa shape index (κ2) is 7.40. The molecule has 0 atom stereocenters. The topological polar surface area (TPSA) is 43.9 Å². The summed E-state index contributed by atoms with van der Waals surface area (Å²) in [4.78, 5) is 30.5. The lowest BCUT2D eigenvalue weighted by Crippen LogP contribution is -2.53. The first-order chi connectivity index (χ1) is 10.5. The van der Waals surface area contributed by atoms with Gasteiger partial charge in [0.05, 0.1) is 0 Å². The third-order valence-corrected chi connectivity index (χ3v) is 4.05. The molecule has 0 aromatic heterocycles. The molecule has 1 saturated heterocycles. The standard InChI is InChI=1S/C17H25N3O2/c1-14(2)20(13-15-7-5-4-6-8-15)17(22)16(21)19-11-9-18(3)10-12-19/h4-8,14H,9-13H2,1-3H3. The highest BCUT2D eigenvalue weighted by atomic mass is 16.2. The summed E-state index contributed by atoms with van der Waals surface area (Å²) in [6.07, 6.45) is 0. The SMILES string of the molecule is CC(C)N(Cc1ccccc1)C(=O)C(=O)N1CCN(C)CC1. The lowest BCUT2D eigenvalue weighted by molar-refractivity contribution is -0.154. The van der Waals surface area contributed by atoms with Crippen LogP contribution in [0, 0.1) is 0 Å². The van der Waals surface area contributed by atoms with Crippen LogP contribution in [0.25, 0.3) is 0 Å². The molecule has 120 valence electrons. The molecule has 0 spiro atoms. The Morgan fingerprint density at radius 2 is 1.68 bits per heavy atom. The Morgan fingerprint density at radius 3 is 2.23 bits per heavy atom. The average molecular weight is 303 g/mol. The maximum absolute atomic E-state index is 12.6. The molecule has 5 nitrogen and oxygen atoms in total. The summed E-state index contributed by atoms with van der Waals surface area (Å²) >= 11 is 0. The molecule has 22 heavy (non-hydrogen) atoms. The molecule has 1 heterocycles. The summed E-state index contributed by atoms with van der Waals surface area (Å²) < 4.78 is 0. The van der Waals surface area contributed by atoms with Crippen LogP contribution in [0.15, 0.2) is 30.3 Å². The molecule has 0 bridgehead atoms. The van der Waals surface area contributed by atoms with E-state index in [0.29, 0.717) is 19.6 Å². The van der Waals surface area contributed by atoms with Gasteiger partial charge in [0.25, 0.3) is 0 Å². The van der Waals surface area contributed by atoms with Crippen molar-refractivity contribution in [2.24, 2.45) is 0 Å². The molecule has 1 aliphatic heterocycles. The minimum absolute atomic E-state index is 0.0101. The number of hydrogen-bond donors (Lipinski definition) is 0. The van der Waals surface area contributed by atoms with Gasteiger partial charge in [-0.05, 0) is 26.5 Å². The van der Waals surface area contributed by atoms with Crippen LogP contribution in [0.3, 0.4) is 0 Å². The van der Waals surface area contributed by atoms with Gasteiger partial charge in [-0.1, -0.05) is 30.3 Å². The van der Waals surface area contributed by atoms with Gasteiger partial charge in [0, 0.05) is 38.8 Å². The van der Waals surface area contributed by atoms with Gasteiger partial charge in [0.15, 0.2) is 0 Å². The minimum atomic E-state index is -0.400. The van der Waals surface area contributed by atoms with Crippen molar-refractivity contribution < 1.29 is 9.59 Å². The molecule has 0 unspecified atom stereocenters. The quantitative estimate of drug-likeness (QED) is 0.788. The summed E-state index contributed by atoms with van der Waals surface area (Å²) in [6.45, 7) is 7.24. The summed E-state index contributed by atoms with van der Waals surface area (Å²) in [5.74, 6) is -0.777. The first kappa shape index (κ1) is 16.5. The van der Waals surface area contributed by atoms with Crippen LogP contribution >= 0.6 is 0 Å². The lowest BCUT2D eigenvalue weighted by Gasteiger charge is -2.34. The fraction of sp³-hybridized carbons (Fsp3) is 0.529. The molecule has 0 saturated carbocycles. The predicted molar refractivity (Wildman–Crippen MR) is 86.2 cm³/mol. The maximum atomic E-state index is 12.6. The van der Waals surface area contributed by atoms with Crippen molar-refractivity contribution in [3.63, 3.8) is 0 Å². The van der Waals surface area contributed by atoms with Crippen LogP contribution in [-0.4, -0.2) is 65.8 Å². The van der Waals surface area contributed by atoms with Crippen molar-refractivity contribution in [2.45, 2.75) is 26.4 Å². The van der Waals surface area contributed by atoms with Gasteiger partial charge in [-0.2, -0.15) is 0 Å². The Bertz CT molecular complexity index is 508. The third-order valence-electron chi connectivity index (χ3n) is 4.05. The minimum Gasteiger partial charge on any atom is -0.332 e. The van der Waals surface area contributed by atoms with Gasteiger partial charge in [-0.3, -0.25) is 9.59 Å². The van der Waals surface area contributed by atoms with E-state index in [9.17, 15) is 9.59 Å². The number of likely N-dealkylation sites (N-methyl/N-ethyl adjacent to an activating group) is 1. The number of carbonyl (C=O) groups excluding carboxylic acids is 2. The van der Waals surface area contributed by atoms with E-state index in [4.69, 9.17) is 0 Å². The number of piperazine rings is 1. The number of carbonyl (C=O) groups is 2. The van der Waals surface area contributed by atoms with E-state index in [1.807, 2.05) is 51.2 Å². The smallest absolute Gasteiger partial charge is 0.312 e. The average Bonchev–Trinajstić information content (AvgIpc) is 2.53. The zero-order chi connectivity index (χ0) is 16.1. The predicted octanol–water partition coefficient (Wildman–Crippen LogP) is 1.20. The van der Waals surface area contributed by atoms with Crippen molar-refractivity contribution in [3.8, 4) is 0 Å². The fourth-order valence-electron chi connectivity index (χ4n) is 2.54. The van der Waals surface area contributed by atoms with Crippen LogP contribution < -0.4 is 0 Å². The van der Waals surface area contributed by atoms with Crippen molar-refractivity contribution in [1.29, 1.82) is 0 Å². The molecule has 0 aliphatic carbocycles. The molecule has 1 aromatic carbocycles. The van der Waals surface area contributed by atoms with E-state index < -0.39 is 5.91 Å². The van der Waals surface area contributed by atoms with E-state index in [1.54, 1.807) is 9.80 Å².